The van der Waals surface area contributed by atoms with Crippen LogP contribution in [0, 0.1) is 5.41 Å². The summed E-state index contributed by atoms with van der Waals surface area (Å²) in [4.78, 5) is 3.30. The highest BCUT2D eigenvalue weighted by Crippen LogP contribution is 2.22. The molecule has 1 aromatic rings. The smallest absolute Gasteiger partial charge is 0.106 e. The van der Waals surface area contributed by atoms with Gasteiger partial charge in [0, 0.05) is 23.0 Å². The maximum atomic E-state index is 7.96. The normalized spacial score (nSPS) is 15.4. The van der Waals surface area contributed by atoms with Crippen molar-refractivity contribution in [2.75, 3.05) is 18.8 Å². The topological polar surface area (TPSA) is 27.1 Å². The summed E-state index contributed by atoms with van der Waals surface area (Å²) in [6.07, 6.45) is 2.45. The average Bonchev–Trinajstić information content (AvgIpc) is 2.79. The van der Waals surface area contributed by atoms with Crippen molar-refractivity contribution in [3.63, 3.8) is 0 Å². The van der Waals surface area contributed by atoms with Crippen LogP contribution in [0.3, 0.4) is 0 Å². The maximum absolute atomic E-state index is 7.96. The van der Waals surface area contributed by atoms with Crippen LogP contribution in [0.4, 0.5) is 0 Å². The number of hydrogen-bond donors (Lipinski definition) is 1. The number of likely N-dealkylation sites (tertiary alicyclic amines) is 1. The van der Waals surface area contributed by atoms with Gasteiger partial charge in [-0.3, -0.25) is 5.41 Å². The zero-order valence-electron chi connectivity index (χ0n) is 9.08. The van der Waals surface area contributed by atoms with Gasteiger partial charge in [-0.2, -0.15) is 0 Å². The van der Waals surface area contributed by atoms with E-state index in [-0.39, 0.29) is 0 Å². The van der Waals surface area contributed by atoms with Gasteiger partial charge >= 0.3 is 0 Å². The molecule has 1 heterocycles. The Bertz CT molecular complexity index is 375. The predicted octanol–water partition coefficient (Wildman–Crippen LogP) is 3.51. The highest BCUT2D eigenvalue weighted by Gasteiger charge is 2.14. The fourth-order valence-electron chi connectivity index (χ4n) is 1.79. The molecule has 86 valence electrons. The van der Waals surface area contributed by atoms with Gasteiger partial charge in [0.15, 0.2) is 0 Å². The standard InChI is InChI=1S/C12H15ClN2S/c13-10-4-3-5-11(8-10)16-9-12(14)15-6-1-2-7-15/h3-5,8,14H,1-2,6-7,9H2. The van der Waals surface area contributed by atoms with Crippen molar-refractivity contribution in [1.82, 2.24) is 4.90 Å². The Morgan fingerprint density at radius 2 is 2.12 bits per heavy atom. The second-order valence-electron chi connectivity index (χ2n) is 3.89. The lowest BCUT2D eigenvalue weighted by Crippen LogP contribution is -2.28. The number of amidine groups is 1. The fourth-order valence-corrected chi connectivity index (χ4v) is 2.91. The van der Waals surface area contributed by atoms with E-state index in [0.29, 0.717) is 0 Å². The van der Waals surface area contributed by atoms with Crippen molar-refractivity contribution in [1.29, 1.82) is 5.41 Å². The summed E-state index contributed by atoms with van der Waals surface area (Å²) in [6.45, 7) is 2.10. The molecule has 0 bridgehead atoms. The monoisotopic (exact) mass is 254 g/mol. The molecule has 0 unspecified atom stereocenters. The number of benzene rings is 1. The number of rotatable bonds is 3. The summed E-state index contributed by atoms with van der Waals surface area (Å²) >= 11 is 7.59. The molecule has 0 spiro atoms. The first kappa shape index (κ1) is 11.8. The molecule has 0 radical (unpaired) electrons. The predicted molar refractivity (Wildman–Crippen MR) is 70.7 cm³/mol. The van der Waals surface area contributed by atoms with Gasteiger partial charge < -0.3 is 4.90 Å². The first-order valence-corrected chi connectivity index (χ1v) is 6.83. The number of hydrogen-bond acceptors (Lipinski definition) is 2. The number of thioether (sulfide) groups is 1. The molecule has 1 N–H and O–H groups in total. The van der Waals surface area contributed by atoms with Crippen LogP contribution in [0.5, 0.6) is 0 Å². The molecular formula is C12H15ClN2S. The van der Waals surface area contributed by atoms with Crippen LogP contribution in [0.25, 0.3) is 0 Å². The average molecular weight is 255 g/mol. The molecule has 1 saturated heterocycles. The molecule has 0 atom stereocenters. The van der Waals surface area contributed by atoms with Gasteiger partial charge in [0.25, 0.3) is 0 Å². The summed E-state index contributed by atoms with van der Waals surface area (Å²) in [7, 11) is 0. The first-order chi connectivity index (χ1) is 7.75. The molecule has 1 aliphatic heterocycles. The van der Waals surface area contributed by atoms with Crippen molar-refractivity contribution in [2.24, 2.45) is 0 Å². The number of halogens is 1. The van der Waals surface area contributed by atoms with Crippen LogP contribution in [-0.2, 0) is 0 Å². The van der Waals surface area contributed by atoms with Crippen molar-refractivity contribution >= 4 is 29.2 Å². The van der Waals surface area contributed by atoms with Crippen LogP contribution in [0.15, 0.2) is 29.2 Å². The zero-order valence-corrected chi connectivity index (χ0v) is 10.7. The Kier molecular flexibility index (Phi) is 4.13. The largest absolute Gasteiger partial charge is 0.360 e. The molecule has 2 rings (SSSR count). The van der Waals surface area contributed by atoms with E-state index in [1.165, 1.54) is 12.8 Å². The molecule has 0 amide bonds. The lowest BCUT2D eigenvalue weighted by molar-refractivity contribution is 0.514. The lowest BCUT2D eigenvalue weighted by Gasteiger charge is -2.17. The zero-order chi connectivity index (χ0) is 11.4. The summed E-state index contributed by atoms with van der Waals surface area (Å²) in [5, 5.41) is 8.72. The minimum absolute atomic E-state index is 0.736. The van der Waals surface area contributed by atoms with E-state index >= 15 is 0 Å². The quantitative estimate of drug-likeness (QED) is 0.508. The Labute approximate surface area is 105 Å². The van der Waals surface area contributed by atoms with E-state index in [1.54, 1.807) is 11.8 Å². The SMILES string of the molecule is N=C(CSc1cccc(Cl)c1)N1CCCC1. The Hall–Kier alpha value is -0.670. The third-order valence-corrected chi connectivity index (χ3v) is 3.90. The minimum Gasteiger partial charge on any atom is -0.360 e. The molecule has 16 heavy (non-hydrogen) atoms. The molecule has 0 aliphatic carbocycles. The Morgan fingerprint density at radius 1 is 1.38 bits per heavy atom. The van der Waals surface area contributed by atoms with E-state index in [9.17, 15) is 0 Å². The van der Waals surface area contributed by atoms with Gasteiger partial charge in [-0.25, -0.2) is 0 Å². The van der Waals surface area contributed by atoms with Gasteiger partial charge in [-0.05, 0) is 31.0 Å². The molecule has 0 aromatic heterocycles. The van der Waals surface area contributed by atoms with Crippen molar-refractivity contribution in [3.8, 4) is 0 Å². The van der Waals surface area contributed by atoms with Gasteiger partial charge in [-0.1, -0.05) is 17.7 Å². The van der Waals surface area contributed by atoms with Crippen LogP contribution < -0.4 is 0 Å². The Balaban J connectivity index is 1.84. The molecular weight excluding hydrogens is 240 g/mol. The number of nitrogens with zero attached hydrogens (tertiary/aromatic N) is 1. The van der Waals surface area contributed by atoms with Gasteiger partial charge in [0.1, 0.15) is 5.84 Å². The molecule has 1 aromatic carbocycles. The van der Waals surface area contributed by atoms with Gasteiger partial charge in [0.2, 0.25) is 0 Å². The van der Waals surface area contributed by atoms with Crippen molar-refractivity contribution < 1.29 is 0 Å². The summed E-state index contributed by atoms with van der Waals surface area (Å²) < 4.78 is 0. The summed E-state index contributed by atoms with van der Waals surface area (Å²) in [5.41, 5.74) is 0. The molecule has 0 saturated carbocycles. The third-order valence-electron chi connectivity index (χ3n) is 2.66. The van der Waals surface area contributed by atoms with Crippen LogP contribution in [0.1, 0.15) is 12.8 Å². The molecule has 4 heteroatoms. The van der Waals surface area contributed by atoms with Gasteiger partial charge in [0.05, 0.1) is 5.75 Å². The molecule has 1 aliphatic rings. The van der Waals surface area contributed by atoms with Crippen LogP contribution in [0.2, 0.25) is 5.02 Å². The third kappa shape index (κ3) is 3.16. The first-order valence-electron chi connectivity index (χ1n) is 5.46. The molecule has 1 fully saturated rings. The maximum Gasteiger partial charge on any atom is 0.106 e. The Morgan fingerprint density at radius 3 is 2.81 bits per heavy atom. The van der Waals surface area contributed by atoms with E-state index < -0.39 is 0 Å². The fraction of sp³-hybridized carbons (Fsp3) is 0.417. The summed E-state index contributed by atoms with van der Waals surface area (Å²) in [6, 6.07) is 7.80. The second kappa shape index (κ2) is 5.60. The summed E-state index contributed by atoms with van der Waals surface area (Å²) in [5.74, 6) is 1.47. The van der Waals surface area contributed by atoms with Crippen molar-refractivity contribution in [3.05, 3.63) is 29.3 Å². The van der Waals surface area contributed by atoms with E-state index in [2.05, 4.69) is 4.90 Å². The minimum atomic E-state index is 0.736. The van der Waals surface area contributed by atoms with Crippen LogP contribution in [-0.4, -0.2) is 29.6 Å². The van der Waals surface area contributed by atoms with E-state index in [1.807, 2.05) is 24.3 Å². The van der Waals surface area contributed by atoms with E-state index in [4.69, 9.17) is 17.0 Å². The van der Waals surface area contributed by atoms with E-state index in [0.717, 1.165) is 34.6 Å². The van der Waals surface area contributed by atoms with Crippen molar-refractivity contribution in [2.45, 2.75) is 17.7 Å². The number of nitrogens with one attached hydrogen (secondary N) is 1. The highest BCUT2D eigenvalue weighted by atomic mass is 35.5. The highest BCUT2D eigenvalue weighted by molar-refractivity contribution is 8.00. The molecule has 2 nitrogen and oxygen atoms in total. The van der Waals surface area contributed by atoms with Crippen LogP contribution >= 0.6 is 23.4 Å². The second-order valence-corrected chi connectivity index (χ2v) is 5.37. The van der Waals surface area contributed by atoms with Gasteiger partial charge in [-0.15, -0.1) is 11.8 Å². The lowest BCUT2D eigenvalue weighted by atomic mass is 10.4.